The van der Waals surface area contributed by atoms with Crippen LogP contribution >= 0.6 is 0 Å². The van der Waals surface area contributed by atoms with Gasteiger partial charge in [0.05, 0.1) is 35.9 Å². The third-order valence-corrected chi connectivity index (χ3v) is 5.10. The number of carbonyl (C=O) groups is 1. The highest BCUT2D eigenvalue weighted by Crippen LogP contribution is 2.29. The molecular formula is C18H24N4O3. The smallest absolute Gasteiger partial charge is 0.255 e. The molecule has 2 aromatic heterocycles. The normalized spacial score (nSPS) is 22.0. The van der Waals surface area contributed by atoms with Crippen molar-refractivity contribution in [2.24, 2.45) is 7.05 Å². The Labute approximate surface area is 146 Å². The van der Waals surface area contributed by atoms with Gasteiger partial charge in [-0.1, -0.05) is 0 Å². The van der Waals surface area contributed by atoms with Crippen molar-refractivity contribution in [3.63, 3.8) is 0 Å². The van der Waals surface area contributed by atoms with Crippen molar-refractivity contribution in [2.75, 3.05) is 19.8 Å². The summed E-state index contributed by atoms with van der Waals surface area (Å²) in [5.41, 5.74) is 3.08. The molecule has 134 valence electrons. The van der Waals surface area contributed by atoms with Crippen molar-refractivity contribution in [3.05, 3.63) is 23.0 Å². The first-order chi connectivity index (χ1) is 12.1. The molecule has 0 aliphatic carbocycles. The Balaban J connectivity index is 1.75. The summed E-state index contributed by atoms with van der Waals surface area (Å²) in [6.45, 7) is 5.77. The highest BCUT2D eigenvalue weighted by molar-refractivity contribution is 6.06. The van der Waals surface area contributed by atoms with Crippen molar-refractivity contribution in [1.82, 2.24) is 19.7 Å². The zero-order chi connectivity index (χ0) is 17.6. The second-order valence-electron chi connectivity index (χ2n) is 6.89. The van der Waals surface area contributed by atoms with Gasteiger partial charge in [0, 0.05) is 19.3 Å². The number of rotatable bonds is 2. The molecule has 2 fully saturated rings. The largest absolute Gasteiger partial charge is 0.348 e. The number of hydrogen-bond donors (Lipinski definition) is 0. The Morgan fingerprint density at radius 1 is 1.24 bits per heavy atom. The van der Waals surface area contributed by atoms with E-state index in [2.05, 4.69) is 10.1 Å². The molecule has 0 spiro atoms. The summed E-state index contributed by atoms with van der Waals surface area (Å²) in [7, 11) is 1.86. The molecule has 0 saturated carbocycles. The Kier molecular flexibility index (Phi) is 4.21. The minimum absolute atomic E-state index is 0.0235. The molecule has 0 bridgehead atoms. The average Bonchev–Trinajstić information content (AvgIpc) is 3.23. The maximum atomic E-state index is 13.4. The Morgan fingerprint density at radius 2 is 2.00 bits per heavy atom. The van der Waals surface area contributed by atoms with E-state index >= 15 is 0 Å². The van der Waals surface area contributed by atoms with Gasteiger partial charge < -0.3 is 14.4 Å². The monoisotopic (exact) mass is 344 g/mol. The molecule has 1 amide bonds. The third kappa shape index (κ3) is 2.81. The number of likely N-dealkylation sites (tertiary alicyclic amines) is 1. The molecule has 7 heteroatoms. The summed E-state index contributed by atoms with van der Waals surface area (Å²) in [6.07, 6.45) is 2.70. The molecule has 0 radical (unpaired) electrons. The van der Waals surface area contributed by atoms with E-state index in [1.54, 1.807) is 4.68 Å². The van der Waals surface area contributed by atoms with Gasteiger partial charge in [-0.05, 0) is 39.2 Å². The quantitative estimate of drug-likeness (QED) is 0.833. The van der Waals surface area contributed by atoms with E-state index in [1.165, 1.54) is 0 Å². The van der Waals surface area contributed by atoms with Gasteiger partial charge in [-0.2, -0.15) is 5.10 Å². The van der Waals surface area contributed by atoms with Crippen molar-refractivity contribution < 1.29 is 14.3 Å². The Hall–Kier alpha value is -1.99. The first-order valence-electron chi connectivity index (χ1n) is 8.91. The summed E-state index contributed by atoms with van der Waals surface area (Å²) < 4.78 is 13.1. The molecule has 1 atom stereocenters. The predicted octanol–water partition coefficient (Wildman–Crippen LogP) is 1.95. The van der Waals surface area contributed by atoms with Crippen LogP contribution in [0.5, 0.6) is 0 Å². The van der Waals surface area contributed by atoms with Crippen LogP contribution in [0, 0.1) is 13.8 Å². The number of piperidine rings is 1. The first kappa shape index (κ1) is 16.5. The van der Waals surface area contributed by atoms with E-state index in [9.17, 15) is 4.79 Å². The molecule has 2 aromatic rings. The highest BCUT2D eigenvalue weighted by atomic mass is 16.7. The SMILES string of the molecule is Cc1cc(C(=O)N2CCCCC2C2OCCO2)c2c(C)nn(C)c2n1. The number of fused-ring (bicyclic) bond motifs is 1. The summed E-state index contributed by atoms with van der Waals surface area (Å²) in [6, 6.07) is 1.85. The summed E-state index contributed by atoms with van der Waals surface area (Å²) in [5.74, 6) is 0.0235. The Morgan fingerprint density at radius 3 is 2.76 bits per heavy atom. The fourth-order valence-electron chi connectivity index (χ4n) is 3.98. The van der Waals surface area contributed by atoms with Crippen molar-refractivity contribution in [3.8, 4) is 0 Å². The zero-order valence-electron chi connectivity index (χ0n) is 15.0. The van der Waals surface area contributed by atoms with Crippen molar-refractivity contribution in [1.29, 1.82) is 0 Å². The van der Waals surface area contributed by atoms with Crippen LogP contribution < -0.4 is 0 Å². The fraction of sp³-hybridized carbons (Fsp3) is 0.611. The van der Waals surface area contributed by atoms with Crippen LogP contribution in [-0.2, 0) is 16.5 Å². The molecular weight excluding hydrogens is 320 g/mol. The van der Waals surface area contributed by atoms with Gasteiger partial charge >= 0.3 is 0 Å². The molecule has 4 rings (SSSR count). The topological polar surface area (TPSA) is 69.5 Å². The molecule has 25 heavy (non-hydrogen) atoms. The molecule has 7 nitrogen and oxygen atoms in total. The highest BCUT2D eigenvalue weighted by Gasteiger charge is 2.37. The second-order valence-corrected chi connectivity index (χ2v) is 6.89. The van der Waals surface area contributed by atoms with E-state index in [1.807, 2.05) is 31.9 Å². The summed E-state index contributed by atoms with van der Waals surface area (Å²) >= 11 is 0. The van der Waals surface area contributed by atoms with Gasteiger partial charge in [0.25, 0.3) is 5.91 Å². The number of ether oxygens (including phenoxy) is 2. The first-order valence-corrected chi connectivity index (χ1v) is 8.91. The van der Waals surface area contributed by atoms with E-state index < -0.39 is 0 Å². The maximum Gasteiger partial charge on any atom is 0.255 e. The fourth-order valence-corrected chi connectivity index (χ4v) is 3.98. The minimum Gasteiger partial charge on any atom is -0.348 e. The second kappa shape index (κ2) is 6.38. The van der Waals surface area contributed by atoms with E-state index in [-0.39, 0.29) is 18.2 Å². The number of nitrogens with zero attached hydrogens (tertiary/aromatic N) is 4. The van der Waals surface area contributed by atoms with Crippen LogP contribution in [-0.4, -0.2) is 57.7 Å². The molecule has 4 heterocycles. The number of hydrogen-bond acceptors (Lipinski definition) is 5. The van der Waals surface area contributed by atoms with E-state index in [4.69, 9.17) is 9.47 Å². The lowest BCUT2D eigenvalue weighted by molar-refractivity contribution is -0.100. The lowest BCUT2D eigenvalue weighted by Crippen LogP contribution is -2.50. The van der Waals surface area contributed by atoms with E-state index in [0.29, 0.717) is 18.8 Å². The summed E-state index contributed by atoms with van der Waals surface area (Å²) in [4.78, 5) is 19.9. The number of pyridine rings is 1. The van der Waals surface area contributed by atoms with Gasteiger partial charge in [0.2, 0.25) is 0 Å². The molecule has 2 aliphatic heterocycles. The molecule has 1 unspecified atom stereocenters. The van der Waals surface area contributed by atoms with Gasteiger partial charge in [-0.3, -0.25) is 9.48 Å². The van der Waals surface area contributed by atoms with Crippen LogP contribution in [0.2, 0.25) is 0 Å². The van der Waals surface area contributed by atoms with Gasteiger partial charge in [-0.25, -0.2) is 4.98 Å². The Bertz CT molecular complexity index is 810. The average molecular weight is 344 g/mol. The lowest BCUT2D eigenvalue weighted by atomic mass is 9.99. The predicted molar refractivity (Wildman–Crippen MR) is 92.4 cm³/mol. The number of amides is 1. The zero-order valence-corrected chi connectivity index (χ0v) is 15.0. The van der Waals surface area contributed by atoms with Crippen LogP contribution in [0.25, 0.3) is 11.0 Å². The summed E-state index contributed by atoms with van der Waals surface area (Å²) in [5, 5.41) is 5.29. The molecule has 0 aromatic carbocycles. The third-order valence-electron chi connectivity index (χ3n) is 5.10. The van der Waals surface area contributed by atoms with Gasteiger partial charge in [0.15, 0.2) is 11.9 Å². The number of aromatic nitrogens is 3. The van der Waals surface area contributed by atoms with Crippen LogP contribution in [0.3, 0.4) is 0 Å². The molecule has 2 saturated heterocycles. The lowest BCUT2D eigenvalue weighted by Gasteiger charge is -2.38. The van der Waals surface area contributed by atoms with Crippen LogP contribution in [0.4, 0.5) is 0 Å². The van der Waals surface area contributed by atoms with Crippen molar-refractivity contribution in [2.45, 2.75) is 45.4 Å². The standard InChI is InChI=1S/C18H24N4O3/c1-11-10-13(15-12(2)20-21(3)16(15)19-11)17(23)22-7-5-4-6-14(22)18-24-8-9-25-18/h10,14,18H,4-9H2,1-3H3. The maximum absolute atomic E-state index is 13.4. The van der Waals surface area contributed by atoms with Crippen molar-refractivity contribution >= 4 is 16.9 Å². The number of carbonyl (C=O) groups excluding carboxylic acids is 1. The number of aryl methyl sites for hydroxylation is 3. The minimum atomic E-state index is -0.308. The molecule has 0 N–H and O–H groups in total. The molecule has 2 aliphatic rings. The van der Waals surface area contributed by atoms with Gasteiger partial charge in [-0.15, -0.1) is 0 Å². The van der Waals surface area contributed by atoms with Crippen LogP contribution in [0.15, 0.2) is 6.07 Å². The van der Waals surface area contributed by atoms with Crippen LogP contribution in [0.1, 0.15) is 41.0 Å². The van der Waals surface area contributed by atoms with Gasteiger partial charge in [0.1, 0.15) is 0 Å². The van der Waals surface area contributed by atoms with E-state index in [0.717, 1.165) is 48.2 Å².